The molecule has 1 N–H and O–H groups in total. The number of piperidine rings is 1. The molecule has 0 amide bonds. The molecule has 0 aromatic heterocycles. The van der Waals surface area contributed by atoms with E-state index in [1.165, 1.54) is 0 Å². The molecule has 1 aliphatic heterocycles. The van der Waals surface area contributed by atoms with Crippen LogP contribution in [0.5, 0.6) is 0 Å². The van der Waals surface area contributed by atoms with Gasteiger partial charge in [-0.2, -0.15) is 0 Å². The molecule has 2 rings (SSSR count). The zero-order valence-corrected chi connectivity index (χ0v) is 15.6. The maximum Gasteiger partial charge on any atom is 0.240 e. The van der Waals surface area contributed by atoms with Gasteiger partial charge < -0.3 is 4.90 Å². The van der Waals surface area contributed by atoms with Crippen LogP contribution in [-0.4, -0.2) is 39.0 Å². The second-order valence-corrected chi connectivity index (χ2v) is 8.92. The van der Waals surface area contributed by atoms with Gasteiger partial charge in [-0.15, -0.1) is 0 Å². The summed E-state index contributed by atoms with van der Waals surface area (Å²) >= 11 is 0. The fraction of sp³-hybridized carbons (Fsp3) is 0.667. The lowest BCUT2D eigenvalue weighted by Crippen LogP contribution is -2.41. The molecule has 1 aliphatic rings. The van der Waals surface area contributed by atoms with Gasteiger partial charge in [0.05, 0.1) is 4.90 Å². The van der Waals surface area contributed by atoms with Crippen molar-refractivity contribution in [1.82, 2.24) is 9.62 Å². The minimum absolute atomic E-state index is 0.363. The van der Waals surface area contributed by atoms with Crippen LogP contribution in [0, 0.1) is 5.92 Å². The molecule has 1 saturated heterocycles. The molecule has 1 heterocycles. The molecule has 0 bridgehead atoms. The van der Waals surface area contributed by atoms with Gasteiger partial charge in [0, 0.05) is 12.6 Å². The fourth-order valence-corrected chi connectivity index (χ4v) is 4.13. The van der Waals surface area contributed by atoms with E-state index < -0.39 is 10.0 Å². The highest BCUT2D eigenvalue weighted by Crippen LogP contribution is 2.20. The lowest BCUT2D eigenvalue weighted by molar-refractivity contribution is 0.151. The predicted octanol–water partition coefficient (Wildman–Crippen LogP) is 3.21. The first kappa shape index (κ1) is 18.4. The van der Waals surface area contributed by atoms with E-state index in [0.29, 0.717) is 29.3 Å². The molecule has 0 atom stereocenters. The van der Waals surface area contributed by atoms with Crippen LogP contribution in [0.1, 0.15) is 52.0 Å². The average molecular weight is 339 g/mol. The van der Waals surface area contributed by atoms with E-state index in [1.807, 2.05) is 12.1 Å². The molecule has 0 unspecified atom stereocenters. The van der Waals surface area contributed by atoms with E-state index in [-0.39, 0.29) is 0 Å². The highest BCUT2D eigenvalue weighted by Gasteiger charge is 2.23. The zero-order chi connectivity index (χ0) is 17.0. The van der Waals surface area contributed by atoms with Gasteiger partial charge in [0.15, 0.2) is 0 Å². The monoisotopic (exact) mass is 338 g/mol. The number of nitrogens with one attached hydrogen (secondary N) is 1. The van der Waals surface area contributed by atoms with Gasteiger partial charge >= 0.3 is 0 Å². The Kier molecular flexibility index (Phi) is 6.23. The standard InChI is InChI=1S/C18H30N2O2S/c1-14(2)17-5-7-18(8-6-17)23(21,22)19-13-16-9-11-20(12-10-16)15(3)4/h5-8,14-16,19H,9-13H2,1-4H3. The molecule has 23 heavy (non-hydrogen) atoms. The molecule has 1 fully saturated rings. The summed E-state index contributed by atoms with van der Waals surface area (Å²) in [4.78, 5) is 2.82. The van der Waals surface area contributed by atoms with E-state index in [0.717, 1.165) is 31.5 Å². The van der Waals surface area contributed by atoms with Gasteiger partial charge in [0.25, 0.3) is 0 Å². The number of sulfonamides is 1. The molecule has 0 spiro atoms. The van der Waals surface area contributed by atoms with Crippen molar-refractivity contribution in [2.24, 2.45) is 5.92 Å². The lowest BCUT2D eigenvalue weighted by Gasteiger charge is -2.34. The largest absolute Gasteiger partial charge is 0.301 e. The third kappa shape index (κ3) is 5.03. The van der Waals surface area contributed by atoms with Crippen LogP contribution in [0.2, 0.25) is 0 Å². The molecule has 1 aromatic rings. The molecular formula is C18H30N2O2S. The highest BCUT2D eigenvalue weighted by atomic mass is 32.2. The topological polar surface area (TPSA) is 49.4 Å². The van der Waals surface area contributed by atoms with Crippen molar-refractivity contribution in [3.63, 3.8) is 0 Å². The summed E-state index contributed by atoms with van der Waals surface area (Å²) in [6.45, 7) is 11.3. The van der Waals surface area contributed by atoms with Crippen LogP contribution < -0.4 is 4.72 Å². The van der Waals surface area contributed by atoms with E-state index in [1.54, 1.807) is 12.1 Å². The van der Waals surface area contributed by atoms with Crippen molar-refractivity contribution in [1.29, 1.82) is 0 Å². The maximum absolute atomic E-state index is 12.4. The molecule has 4 nitrogen and oxygen atoms in total. The van der Waals surface area contributed by atoms with E-state index >= 15 is 0 Å². The third-order valence-electron chi connectivity index (χ3n) is 4.80. The predicted molar refractivity (Wildman–Crippen MR) is 95.2 cm³/mol. The fourth-order valence-electron chi connectivity index (χ4n) is 3.02. The summed E-state index contributed by atoms with van der Waals surface area (Å²) in [5, 5.41) is 0. The Bertz CT molecular complexity index is 586. The molecule has 1 aromatic carbocycles. The Labute approximate surface area is 141 Å². The number of hydrogen-bond acceptors (Lipinski definition) is 3. The Morgan fingerprint density at radius 3 is 2.13 bits per heavy atom. The molecule has 0 aliphatic carbocycles. The van der Waals surface area contributed by atoms with Gasteiger partial charge in [-0.3, -0.25) is 0 Å². The maximum atomic E-state index is 12.4. The van der Waals surface area contributed by atoms with Gasteiger partial charge in [-0.05, 0) is 69.3 Å². The van der Waals surface area contributed by atoms with Crippen molar-refractivity contribution >= 4 is 10.0 Å². The first-order valence-electron chi connectivity index (χ1n) is 8.63. The Hall–Kier alpha value is -0.910. The summed E-state index contributed by atoms with van der Waals surface area (Å²) < 4.78 is 27.6. The van der Waals surface area contributed by atoms with E-state index in [9.17, 15) is 8.42 Å². The molecule has 130 valence electrons. The molecule has 0 radical (unpaired) electrons. The lowest BCUT2D eigenvalue weighted by atomic mass is 9.96. The number of likely N-dealkylation sites (tertiary alicyclic amines) is 1. The van der Waals surface area contributed by atoms with Gasteiger partial charge in [-0.1, -0.05) is 26.0 Å². The number of rotatable bonds is 6. The summed E-state index contributed by atoms with van der Waals surface area (Å²) in [5.41, 5.74) is 1.16. The Balaban J connectivity index is 1.89. The van der Waals surface area contributed by atoms with Crippen LogP contribution in [0.4, 0.5) is 0 Å². The average Bonchev–Trinajstić information content (AvgIpc) is 2.53. The summed E-state index contributed by atoms with van der Waals surface area (Å²) in [7, 11) is -3.40. The summed E-state index contributed by atoms with van der Waals surface area (Å²) in [6, 6.07) is 7.80. The smallest absolute Gasteiger partial charge is 0.240 e. The number of hydrogen-bond donors (Lipinski definition) is 1. The van der Waals surface area contributed by atoms with Crippen molar-refractivity contribution in [3.05, 3.63) is 29.8 Å². The van der Waals surface area contributed by atoms with Crippen LogP contribution in [-0.2, 0) is 10.0 Å². The third-order valence-corrected chi connectivity index (χ3v) is 6.24. The van der Waals surface area contributed by atoms with Gasteiger partial charge in [0.1, 0.15) is 0 Å². The first-order valence-corrected chi connectivity index (χ1v) is 10.1. The van der Waals surface area contributed by atoms with Crippen molar-refractivity contribution < 1.29 is 8.42 Å². The van der Waals surface area contributed by atoms with Crippen LogP contribution in [0.3, 0.4) is 0 Å². The van der Waals surface area contributed by atoms with E-state index in [4.69, 9.17) is 0 Å². The van der Waals surface area contributed by atoms with Gasteiger partial charge in [-0.25, -0.2) is 13.1 Å². The quantitative estimate of drug-likeness (QED) is 0.866. The summed E-state index contributed by atoms with van der Waals surface area (Å²) in [6.07, 6.45) is 2.12. The summed E-state index contributed by atoms with van der Waals surface area (Å²) in [5.74, 6) is 0.848. The normalized spacial score (nSPS) is 18.0. The van der Waals surface area contributed by atoms with Crippen molar-refractivity contribution in [2.75, 3.05) is 19.6 Å². The number of benzene rings is 1. The minimum atomic E-state index is -3.40. The molecule has 5 heteroatoms. The minimum Gasteiger partial charge on any atom is -0.301 e. The van der Waals surface area contributed by atoms with Crippen molar-refractivity contribution in [3.8, 4) is 0 Å². The highest BCUT2D eigenvalue weighted by molar-refractivity contribution is 7.89. The second kappa shape index (κ2) is 7.77. The SMILES string of the molecule is CC(C)c1ccc(S(=O)(=O)NCC2CCN(C(C)C)CC2)cc1. The van der Waals surface area contributed by atoms with Crippen LogP contribution in [0.15, 0.2) is 29.2 Å². The van der Waals surface area contributed by atoms with E-state index in [2.05, 4.69) is 37.3 Å². The van der Waals surface area contributed by atoms with Gasteiger partial charge in [0.2, 0.25) is 10.0 Å². The number of nitrogens with zero attached hydrogens (tertiary/aromatic N) is 1. The molecular weight excluding hydrogens is 308 g/mol. The first-order chi connectivity index (χ1) is 10.8. The molecule has 0 saturated carbocycles. The zero-order valence-electron chi connectivity index (χ0n) is 14.7. The Morgan fingerprint density at radius 2 is 1.65 bits per heavy atom. The van der Waals surface area contributed by atoms with Crippen LogP contribution in [0.25, 0.3) is 0 Å². The Morgan fingerprint density at radius 1 is 1.09 bits per heavy atom. The second-order valence-electron chi connectivity index (χ2n) is 7.15. The van der Waals surface area contributed by atoms with Crippen LogP contribution >= 0.6 is 0 Å². The van der Waals surface area contributed by atoms with Crippen molar-refractivity contribution in [2.45, 2.75) is 57.4 Å².